The number of carbonyl (C=O) groups is 1. The van der Waals surface area contributed by atoms with Crippen LogP contribution in [-0.4, -0.2) is 17.1 Å². The van der Waals surface area contributed by atoms with Crippen molar-refractivity contribution < 1.29 is 9.90 Å². The standard InChI is InChI=1S/C14H13NO2S/c16-14(17)13-11(15-10-6-7-10)8-12(18-13)9-4-2-1-3-5-9/h1-5,8,10,15H,6-7H2,(H,16,17). The molecule has 2 aromatic rings. The Balaban J connectivity index is 1.98. The van der Waals surface area contributed by atoms with Gasteiger partial charge in [-0.3, -0.25) is 0 Å². The van der Waals surface area contributed by atoms with Crippen molar-refractivity contribution in [2.75, 3.05) is 5.32 Å². The lowest BCUT2D eigenvalue weighted by molar-refractivity contribution is 0.0703. The molecule has 0 radical (unpaired) electrons. The maximum atomic E-state index is 11.2. The van der Waals surface area contributed by atoms with Crippen molar-refractivity contribution >= 4 is 23.0 Å². The van der Waals surface area contributed by atoms with Gasteiger partial charge in [-0.2, -0.15) is 0 Å². The van der Waals surface area contributed by atoms with Crippen molar-refractivity contribution in [1.29, 1.82) is 0 Å². The van der Waals surface area contributed by atoms with E-state index in [-0.39, 0.29) is 0 Å². The zero-order valence-corrected chi connectivity index (χ0v) is 10.5. The number of nitrogens with one attached hydrogen (secondary N) is 1. The second-order valence-electron chi connectivity index (χ2n) is 4.44. The first kappa shape index (κ1) is 11.3. The van der Waals surface area contributed by atoms with Crippen molar-refractivity contribution in [2.45, 2.75) is 18.9 Å². The molecular formula is C14H13NO2S. The molecule has 1 aliphatic carbocycles. The first-order valence-corrected chi connectivity index (χ1v) is 6.75. The van der Waals surface area contributed by atoms with E-state index in [1.807, 2.05) is 36.4 Å². The average molecular weight is 259 g/mol. The van der Waals surface area contributed by atoms with Gasteiger partial charge in [0.2, 0.25) is 0 Å². The van der Waals surface area contributed by atoms with Gasteiger partial charge in [-0.15, -0.1) is 11.3 Å². The predicted molar refractivity (Wildman–Crippen MR) is 73.4 cm³/mol. The molecule has 92 valence electrons. The Morgan fingerprint density at radius 2 is 2.00 bits per heavy atom. The second kappa shape index (κ2) is 4.46. The molecule has 0 saturated heterocycles. The summed E-state index contributed by atoms with van der Waals surface area (Å²) in [6.45, 7) is 0. The van der Waals surface area contributed by atoms with Gasteiger partial charge in [0.05, 0.1) is 5.69 Å². The molecule has 0 aliphatic heterocycles. The number of hydrogen-bond acceptors (Lipinski definition) is 3. The fourth-order valence-corrected chi connectivity index (χ4v) is 2.82. The maximum absolute atomic E-state index is 11.2. The molecule has 0 spiro atoms. The SMILES string of the molecule is O=C(O)c1sc(-c2ccccc2)cc1NC1CC1. The van der Waals surface area contributed by atoms with Crippen LogP contribution >= 0.6 is 11.3 Å². The Morgan fingerprint density at radius 1 is 1.28 bits per heavy atom. The van der Waals surface area contributed by atoms with Crippen LogP contribution in [0.25, 0.3) is 10.4 Å². The van der Waals surface area contributed by atoms with E-state index in [1.54, 1.807) is 0 Å². The molecular weight excluding hydrogens is 246 g/mol. The van der Waals surface area contributed by atoms with Crippen LogP contribution in [0.2, 0.25) is 0 Å². The van der Waals surface area contributed by atoms with Crippen molar-refractivity contribution in [3.63, 3.8) is 0 Å². The van der Waals surface area contributed by atoms with Crippen LogP contribution in [0.3, 0.4) is 0 Å². The maximum Gasteiger partial charge on any atom is 0.348 e. The van der Waals surface area contributed by atoms with Gasteiger partial charge in [0.25, 0.3) is 0 Å². The summed E-state index contributed by atoms with van der Waals surface area (Å²) in [4.78, 5) is 12.6. The number of anilines is 1. The highest BCUT2D eigenvalue weighted by Gasteiger charge is 2.25. The quantitative estimate of drug-likeness (QED) is 0.880. The van der Waals surface area contributed by atoms with Crippen molar-refractivity contribution in [2.24, 2.45) is 0 Å². The lowest BCUT2D eigenvalue weighted by Crippen LogP contribution is -2.04. The highest BCUT2D eigenvalue weighted by Crippen LogP contribution is 2.37. The Hall–Kier alpha value is -1.81. The van der Waals surface area contributed by atoms with Crippen LogP contribution < -0.4 is 5.32 Å². The molecule has 1 fully saturated rings. The molecule has 0 amide bonds. The smallest absolute Gasteiger partial charge is 0.348 e. The molecule has 3 rings (SSSR count). The highest BCUT2D eigenvalue weighted by molar-refractivity contribution is 7.18. The van der Waals surface area contributed by atoms with Crippen LogP contribution in [0, 0.1) is 0 Å². The molecule has 1 aromatic carbocycles. The molecule has 0 unspecified atom stereocenters. The van der Waals surface area contributed by atoms with E-state index in [1.165, 1.54) is 11.3 Å². The van der Waals surface area contributed by atoms with E-state index >= 15 is 0 Å². The third-order valence-corrected chi connectivity index (χ3v) is 4.09. The number of hydrogen-bond donors (Lipinski definition) is 2. The fraction of sp³-hybridized carbons (Fsp3) is 0.214. The molecule has 1 heterocycles. The predicted octanol–water partition coefficient (Wildman–Crippen LogP) is 3.69. The van der Waals surface area contributed by atoms with Crippen LogP contribution in [0.15, 0.2) is 36.4 Å². The first-order chi connectivity index (χ1) is 8.74. The van der Waals surface area contributed by atoms with Gasteiger partial charge in [-0.1, -0.05) is 30.3 Å². The summed E-state index contributed by atoms with van der Waals surface area (Å²) < 4.78 is 0. The van der Waals surface area contributed by atoms with E-state index in [2.05, 4.69) is 5.32 Å². The lowest BCUT2D eigenvalue weighted by atomic mass is 10.2. The van der Waals surface area contributed by atoms with Gasteiger partial charge in [0.1, 0.15) is 4.88 Å². The van der Waals surface area contributed by atoms with Gasteiger partial charge in [0, 0.05) is 10.9 Å². The van der Waals surface area contributed by atoms with Gasteiger partial charge < -0.3 is 10.4 Å². The minimum Gasteiger partial charge on any atom is -0.477 e. The van der Waals surface area contributed by atoms with Gasteiger partial charge in [-0.05, 0) is 24.5 Å². The van der Waals surface area contributed by atoms with Crippen LogP contribution in [-0.2, 0) is 0 Å². The number of carboxylic acids is 1. The molecule has 0 atom stereocenters. The van der Waals surface area contributed by atoms with Crippen LogP contribution in [0.5, 0.6) is 0 Å². The molecule has 2 N–H and O–H groups in total. The molecule has 1 saturated carbocycles. The molecule has 0 bridgehead atoms. The van der Waals surface area contributed by atoms with Gasteiger partial charge in [-0.25, -0.2) is 4.79 Å². The first-order valence-electron chi connectivity index (χ1n) is 5.93. The van der Waals surface area contributed by atoms with E-state index in [4.69, 9.17) is 0 Å². The van der Waals surface area contributed by atoms with Gasteiger partial charge >= 0.3 is 5.97 Å². The fourth-order valence-electron chi connectivity index (χ4n) is 1.85. The summed E-state index contributed by atoms with van der Waals surface area (Å²) in [5, 5.41) is 12.5. The minimum absolute atomic E-state index is 0.403. The van der Waals surface area contributed by atoms with Gasteiger partial charge in [0.15, 0.2) is 0 Å². The zero-order chi connectivity index (χ0) is 12.5. The third kappa shape index (κ3) is 2.24. The molecule has 1 aromatic heterocycles. The summed E-state index contributed by atoms with van der Waals surface area (Å²) in [5.74, 6) is -0.856. The second-order valence-corrected chi connectivity index (χ2v) is 5.50. The summed E-state index contributed by atoms with van der Waals surface area (Å²) in [6.07, 6.45) is 2.27. The third-order valence-electron chi connectivity index (χ3n) is 2.92. The number of carboxylic acid groups (broad SMARTS) is 1. The normalized spacial score (nSPS) is 14.4. The van der Waals surface area contributed by atoms with E-state index in [9.17, 15) is 9.90 Å². The molecule has 1 aliphatic rings. The summed E-state index contributed by atoms with van der Waals surface area (Å²) >= 11 is 1.33. The molecule has 4 heteroatoms. The lowest BCUT2D eigenvalue weighted by Gasteiger charge is -2.01. The molecule has 3 nitrogen and oxygen atoms in total. The Morgan fingerprint density at radius 3 is 2.61 bits per heavy atom. The van der Waals surface area contributed by atoms with E-state index in [0.29, 0.717) is 10.9 Å². The summed E-state index contributed by atoms with van der Waals surface area (Å²) in [7, 11) is 0. The topological polar surface area (TPSA) is 49.3 Å². The number of benzene rings is 1. The Bertz CT molecular complexity index is 573. The van der Waals surface area contributed by atoms with Crippen LogP contribution in [0.1, 0.15) is 22.5 Å². The van der Waals surface area contributed by atoms with Crippen LogP contribution in [0.4, 0.5) is 5.69 Å². The largest absolute Gasteiger partial charge is 0.477 e. The number of rotatable bonds is 4. The number of thiophene rings is 1. The Kier molecular flexibility index (Phi) is 2.80. The molecule has 18 heavy (non-hydrogen) atoms. The zero-order valence-electron chi connectivity index (χ0n) is 9.72. The monoisotopic (exact) mass is 259 g/mol. The van der Waals surface area contributed by atoms with Crippen molar-refractivity contribution in [3.8, 4) is 10.4 Å². The van der Waals surface area contributed by atoms with Crippen molar-refractivity contribution in [1.82, 2.24) is 0 Å². The minimum atomic E-state index is -0.856. The average Bonchev–Trinajstić information content (AvgIpc) is 3.07. The van der Waals surface area contributed by atoms with E-state index < -0.39 is 5.97 Å². The number of aromatic carboxylic acids is 1. The van der Waals surface area contributed by atoms with Crippen molar-refractivity contribution in [3.05, 3.63) is 41.3 Å². The van der Waals surface area contributed by atoms with E-state index in [0.717, 1.165) is 29.0 Å². The summed E-state index contributed by atoms with van der Waals surface area (Å²) in [6, 6.07) is 12.3. The Labute approximate surface area is 109 Å². The summed E-state index contributed by atoms with van der Waals surface area (Å²) in [5.41, 5.74) is 1.82. The highest BCUT2D eigenvalue weighted by atomic mass is 32.1.